The van der Waals surface area contributed by atoms with Crippen molar-refractivity contribution < 1.29 is 28.7 Å². The number of carbonyl (C=O) groups excluding carboxylic acids is 4. The van der Waals surface area contributed by atoms with Crippen LogP contribution in [0.25, 0.3) is 0 Å². The van der Waals surface area contributed by atoms with Crippen LogP contribution in [0.2, 0.25) is 0 Å². The van der Waals surface area contributed by atoms with Gasteiger partial charge in [-0.1, -0.05) is 13.8 Å². The maximum absolute atomic E-state index is 12.3. The summed E-state index contributed by atoms with van der Waals surface area (Å²) in [6.45, 7) is 9.67. The molecule has 0 heterocycles. The van der Waals surface area contributed by atoms with E-state index in [0.29, 0.717) is 0 Å². The van der Waals surface area contributed by atoms with Crippen molar-refractivity contribution in [2.24, 2.45) is 5.92 Å². The molecular formula is C15H26N2O6. The Morgan fingerprint density at radius 2 is 1.52 bits per heavy atom. The van der Waals surface area contributed by atoms with E-state index in [2.05, 4.69) is 15.4 Å². The van der Waals surface area contributed by atoms with E-state index >= 15 is 0 Å². The Labute approximate surface area is 136 Å². The molecule has 0 aromatic heterocycles. The molecule has 8 nitrogen and oxygen atoms in total. The van der Waals surface area contributed by atoms with Gasteiger partial charge in [-0.3, -0.25) is 9.59 Å². The lowest BCUT2D eigenvalue weighted by molar-refractivity contribution is -0.148. The number of nitrogens with one attached hydrogen (secondary N) is 2. The third-order valence-electron chi connectivity index (χ3n) is 2.75. The summed E-state index contributed by atoms with van der Waals surface area (Å²) in [6.07, 6.45) is -0.760. The number of esters is 1. The zero-order valence-corrected chi connectivity index (χ0v) is 14.7. The van der Waals surface area contributed by atoms with Gasteiger partial charge in [0.15, 0.2) is 11.8 Å². The minimum atomic E-state index is -1.41. The summed E-state index contributed by atoms with van der Waals surface area (Å²) in [7, 11) is 1.11. The normalized spacial score (nSPS) is 13.7. The van der Waals surface area contributed by atoms with Crippen LogP contribution in [-0.4, -0.2) is 48.5 Å². The van der Waals surface area contributed by atoms with E-state index in [9.17, 15) is 19.2 Å². The first-order chi connectivity index (χ1) is 10.4. The summed E-state index contributed by atoms with van der Waals surface area (Å²) in [4.78, 5) is 47.1. The number of carbonyl (C=O) groups is 4. The Bertz CT molecular complexity index is 467. The van der Waals surface area contributed by atoms with Gasteiger partial charge in [-0.25, -0.2) is 9.59 Å². The van der Waals surface area contributed by atoms with E-state index in [0.717, 1.165) is 14.0 Å². The van der Waals surface area contributed by atoms with Crippen LogP contribution in [0.1, 0.15) is 41.5 Å². The summed E-state index contributed by atoms with van der Waals surface area (Å²) in [6, 6.07) is -2.37. The van der Waals surface area contributed by atoms with Crippen LogP contribution < -0.4 is 10.6 Å². The molecule has 0 aromatic rings. The zero-order chi connectivity index (χ0) is 18.4. The lowest BCUT2D eigenvalue weighted by Gasteiger charge is -2.26. The number of methoxy groups -OCH3 is 1. The Hall–Kier alpha value is -2.12. The number of ether oxygens (including phenoxy) is 2. The van der Waals surface area contributed by atoms with Gasteiger partial charge in [-0.05, 0) is 33.6 Å². The summed E-state index contributed by atoms with van der Waals surface area (Å²) in [5.74, 6) is -2.39. The van der Waals surface area contributed by atoms with Crippen molar-refractivity contribution in [2.75, 3.05) is 7.11 Å². The molecule has 0 aliphatic rings. The molecule has 0 fully saturated rings. The summed E-state index contributed by atoms with van der Waals surface area (Å²) >= 11 is 0. The first-order valence-corrected chi connectivity index (χ1v) is 7.27. The largest absolute Gasteiger partial charge is 0.467 e. The predicted molar refractivity (Wildman–Crippen MR) is 82.6 cm³/mol. The van der Waals surface area contributed by atoms with Crippen molar-refractivity contribution >= 4 is 23.8 Å². The van der Waals surface area contributed by atoms with Gasteiger partial charge in [0.1, 0.15) is 11.6 Å². The number of ketones is 1. The molecule has 0 bridgehead atoms. The number of hydrogen-bond acceptors (Lipinski definition) is 6. The van der Waals surface area contributed by atoms with Gasteiger partial charge in [0.2, 0.25) is 5.91 Å². The standard InChI is InChI=1S/C15H26N2O6/c1-8(2)10(17-14(21)23-15(4,5)6)12(19)16-11(9(3)18)13(20)22-7/h8,10-11H,1-7H3,(H,16,19)(H,17,21)/t10-,11?/m1/s1. The number of Topliss-reactive ketones (excluding diaryl/α,β-unsaturated/α-hetero) is 1. The molecule has 2 atom stereocenters. The fourth-order valence-electron chi connectivity index (χ4n) is 1.65. The quantitative estimate of drug-likeness (QED) is 0.550. The molecule has 0 radical (unpaired) electrons. The van der Waals surface area contributed by atoms with Crippen LogP contribution in [0.15, 0.2) is 0 Å². The summed E-state index contributed by atoms with van der Waals surface area (Å²) < 4.78 is 9.58. The van der Waals surface area contributed by atoms with Crippen LogP contribution in [-0.2, 0) is 23.9 Å². The lowest BCUT2D eigenvalue weighted by atomic mass is 10.0. The summed E-state index contributed by atoms with van der Waals surface area (Å²) in [5, 5.41) is 4.72. The van der Waals surface area contributed by atoms with Gasteiger partial charge in [-0.15, -0.1) is 0 Å². The van der Waals surface area contributed by atoms with E-state index in [1.165, 1.54) is 0 Å². The van der Waals surface area contributed by atoms with E-state index in [1.807, 2.05) is 0 Å². The molecule has 0 aliphatic heterocycles. The van der Waals surface area contributed by atoms with E-state index in [1.54, 1.807) is 34.6 Å². The fourth-order valence-corrected chi connectivity index (χ4v) is 1.65. The number of hydrogen-bond donors (Lipinski definition) is 2. The van der Waals surface area contributed by atoms with Gasteiger partial charge >= 0.3 is 12.1 Å². The molecule has 0 saturated carbocycles. The predicted octanol–water partition coefficient (Wildman–Crippen LogP) is 0.782. The van der Waals surface area contributed by atoms with Crippen LogP contribution in [0.5, 0.6) is 0 Å². The average Bonchev–Trinajstić information content (AvgIpc) is 2.38. The second-order valence-corrected chi connectivity index (χ2v) is 6.44. The molecule has 0 saturated heterocycles. The van der Waals surface area contributed by atoms with Crippen molar-refractivity contribution in [1.82, 2.24) is 10.6 Å². The highest BCUT2D eigenvalue weighted by Gasteiger charge is 2.32. The van der Waals surface area contributed by atoms with Crippen molar-refractivity contribution in [3.05, 3.63) is 0 Å². The smallest absolute Gasteiger partial charge is 0.408 e. The fraction of sp³-hybridized carbons (Fsp3) is 0.733. The number of rotatable bonds is 6. The third-order valence-corrected chi connectivity index (χ3v) is 2.75. The Kier molecular flexibility index (Phi) is 7.71. The van der Waals surface area contributed by atoms with Gasteiger partial charge in [0.05, 0.1) is 7.11 Å². The minimum absolute atomic E-state index is 0.284. The average molecular weight is 330 g/mol. The van der Waals surface area contributed by atoms with Crippen molar-refractivity contribution in [2.45, 2.75) is 59.2 Å². The minimum Gasteiger partial charge on any atom is -0.467 e. The first kappa shape index (κ1) is 20.9. The first-order valence-electron chi connectivity index (χ1n) is 7.27. The molecule has 1 unspecified atom stereocenters. The highest BCUT2D eigenvalue weighted by atomic mass is 16.6. The molecule has 132 valence electrons. The summed E-state index contributed by atoms with van der Waals surface area (Å²) in [5.41, 5.74) is -0.712. The lowest BCUT2D eigenvalue weighted by Crippen LogP contribution is -2.56. The van der Waals surface area contributed by atoms with E-state index in [-0.39, 0.29) is 5.92 Å². The molecule has 0 rings (SSSR count). The van der Waals surface area contributed by atoms with Crippen molar-refractivity contribution in [1.29, 1.82) is 0 Å². The molecular weight excluding hydrogens is 304 g/mol. The van der Waals surface area contributed by atoms with Crippen LogP contribution in [0.3, 0.4) is 0 Å². The monoisotopic (exact) mass is 330 g/mol. The molecule has 8 heteroatoms. The van der Waals surface area contributed by atoms with Crippen molar-refractivity contribution in [3.8, 4) is 0 Å². The van der Waals surface area contributed by atoms with Gasteiger partial charge in [-0.2, -0.15) is 0 Å². The topological polar surface area (TPSA) is 111 Å². The molecule has 0 spiro atoms. The van der Waals surface area contributed by atoms with Crippen molar-refractivity contribution in [3.63, 3.8) is 0 Å². The van der Waals surface area contributed by atoms with Crippen LogP contribution in [0.4, 0.5) is 4.79 Å². The second kappa shape index (κ2) is 8.50. The molecule has 23 heavy (non-hydrogen) atoms. The number of alkyl carbamates (subject to hydrolysis) is 1. The highest BCUT2D eigenvalue weighted by Crippen LogP contribution is 2.09. The molecule has 0 aliphatic carbocycles. The second-order valence-electron chi connectivity index (χ2n) is 6.44. The van der Waals surface area contributed by atoms with E-state index < -0.39 is 41.4 Å². The highest BCUT2D eigenvalue weighted by molar-refractivity contribution is 6.05. The Morgan fingerprint density at radius 3 is 1.87 bits per heavy atom. The van der Waals surface area contributed by atoms with Gasteiger partial charge in [0.25, 0.3) is 0 Å². The zero-order valence-electron chi connectivity index (χ0n) is 14.7. The third kappa shape index (κ3) is 7.62. The van der Waals surface area contributed by atoms with Gasteiger partial charge < -0.3 is 20.1 Å². The van der Waals surface area contributed by atoms with E-state index in [4.69, 9.17) is 4.74 Å². The molecule has 2 amide bonds. The Morgan fingerprint density at radius 1 is 1.00 bits per heavy atom. The Balaban J connectivity index is 5.02. The molecule has 0 aromatic carbocycles. The van der Waals surface area contributed by atoms with Crippen LogP contribution in [0, 0.1) is 5.92 Å². The van der Waals surface area contributed by atoms with Gasteiger partial charge in [0, 0.05) is 0 Å². The maximum Gasteiger partial charge on any atom is 0.408 e. The SMILES string of the molecule is COC(=O)C(NC(=O)[C@H](NC(=O)OC(C)(C)C)C(C)C)C(C)=O. The van der Waals surface area contributed by atoms with Crippen LogP contribution >= 0.6 is 0 Å². The maximum atomic E-state index is 12.3. The molecule has 2 N–H and O–H groups in total. The number of amides is 2.